The molecule has 0 radical (unpaired) electrons. The normalized spacial score (nSPS) is 12.2. The number of nitrogens with one attached hydrogen (secondary N) is 1. The van der Waals surface area contributed by atoms with Crippen LogP contribution in [0.3, 0.4) is 0 Å². The molecule has 2 heteroatoms. The van der Waals surface area contributed by atoms with E-state index in [9.17, 15) is 0 Å². The quantitative estimate of drug-likeness (QED) is 0.784. The number of hydrogen-bond acceptors (Lipinski definition) is 2. The second-order valence-corrected chi connectivity index (χ2v) is 7.02. The van der Waals surface area contributed by atoms with Gasteiger partial charge in [-0.3, -0.25) is 0 Å². The van der Waals surface area contributed by atoms with Crippen molar-refractivity contribution in [1.82, 2.24) is 5.32 Å². The van der Waals surface area contributed by atoms with E-state index in [1.807, 2.05) is 0 Å². The summed E-state index contributed by atoms with van der Waals surface area (Å²) in [5.41, 5.74) is 3.78. The summed E-state index contributed by atoms with van der Waals surface area (Å²) in [6.07, 6.45) is 1.07. The molecule has 1 aromatic heterocycles. The van der Waals surface area contributed by atoms with Crippen LogP contribution in [0.1, 0.15) is 64.3 Å². The third kappa shape index (κ3) is 3.68. The highest BCUT2D eigenvalue weighted by molar-refractivity contribution is 5.85. The number of furan rings is 1. The van der Waals surface area contributed by atoms with Crippen molar-refractivity contribution in [2.75, 3.05) is 0 Å². The maximum atomic E-state index is 6.28. The summed E-state index contributed by atoms with van der Waals surface area (Å²) < 4.78 is 6.28. The first-order valence-electron chi connectivity index (χ1n) is 8.16. The fourth-order valence-corrected chi connectivity index (χ4v) is 2.77. The van der Waals surface area contributed by atoms with Crippen LogP contribution in [0.25, 0.3) is 11.0 Å². The van der Waals surface area contributed by atoms with Crippen LogP contribution >= 0.6 is 0 Å². The molecule has 0 aliphatic carbocycles. The molecule has 0 bridgehead atoms. The number of fused-ring (bicyclic) bond motifs is 1. The standard InChI is InChI=1S/C19H29NO/c1-12(2)10-17-16-9-7-8-15(13(3)4)19(16)21-18(17)11-20-14(5)6/h7-9,12-14,20H,10-11H2,1-6H3. The van der Waals surface area contributed by atoms with E-state index in [0.29, 0.717) is 17.9 Å². The van der Waals surface area contributed by atoms with Crippen molar-refractivity contribution in [2.24, 2.45) is 5.92 Å². The molecule has 1 heterocycles. The molecule has 0 spiro atoms. The van der Waals surface area contributed by atoms with Crippen molar-refractivity contribution < 1.29 is 4.42 Å². The molecule has 21 heavy (non-hydrogen) atoms. The van der Waals surface area contributed by atoms with Crippen LogP contribution in [0.2, 0.25) is 0 Å². The van der Waals surface area contributed by atoms with Gasteiger partial charge in [-0.25, -0.2) is 0 Å². The molecule has 1 N–H and O–H groups in total. The summed E-state index contributed by atoms with van der Waals surface area (Å²) in [6.45, 7) is 14.1. The summed E-state index contributed by atoms with van der Waals surface area (Å²) in [7, 11) is 0. The summed E-state index contributed by atoms with van der Waals surface area (Å²) in [4.78, 5) is 0. The van der Waals surface area contributed by atoms with Crippen molar-refractivity contribution >= 4 is 11.0 Å². The lowest BCUT2D eigenvalue weighted by atomic mass is 9.96. The second-order valence-electron chi connectivity index (χ2n) is 7.02. The Kier molecular flexibility index (Phi) is 5.10. The largest absolute Gasteiger partial charge is 0.459 e. The van der Waals surface area contributed by atoms with Gasteiger partial charge in [0.05, 0.1) is 6.54 Å². The molecule has 0 atom stereocenters. The van der Waals surface area contributed by atoms with Crippen molar-refractivity contribution in [2.45, 2.75) is 66.5 Å². The molecule has 0 saturated carbocycles. The molecule has 0 aliphatic rings. The van der Waals surface area contributed by atoms with Crippen LogP contribution < -0.4 is 5.32 Å². The molecule has 1 aromatic carbocycles. The van der Waals surface area contributed by atoms with Gasteiger partial charge in [-0.1, -0.05) is 59.7 Å². The van der Waals surface area contributed by atoms with Gasteiger partial charge < -0.3 is 9.73 Å². The lowest BCUT2D eigenvalue weighted by Crippen LogP contribution is -2.22. The van der Waals surface area contributed by atoms with Crippen molar-refractivity contribution in [3.63, 3.8) is 0 Å². The van der Waals surface area contributed by atoms with Crippen LogP contribution in [0.4, 0.5) is 0 Å². The van der Waals surface area contributed by atoms with E-state index in [1.54, 1.807) is 0 Å². The zero-order chi connectivity index (χ0) is 15.6. The Bertz CT molecular complexity index is 593. The van der Waals surface area contributed by atoms with Gasteiger partial charge in [-0.15, -0.1) is 0 Å². The molecule has 0 aliphatic heterocycles. The third-order valence-corrected chi connectivity index (χ3v) is 3.84. The Morgan fingerprint density at radius 2 is 1.76 bits per heavy atom. The Morgan fingerprint density at radius 3 is 2.33 bits per heavy atom. The van der Waals surface area contributed by atoms with Crippen molar-refractivity contribution in [3.8, 4) is 0 Å². The predicted octanol–water partition coefficient (Wildman–Crippen LogP) is 5.25. The van der Waals surface area contributed by atoms with Gasteiger partial charge >= 0.3 is 0 Å². The molecular formula is C19H29NO. The van der Waals surface area contributed by atoms with E-state index in [-0.39, 0.29) is 0 Å². The van der Waals surface area contributed by atoms with Gasteiger partial charge in [0.1, 0.15) is 11.3 Å². The van der Waals surface area contributed by atoms with E-state index in [2.05, 4.69) is 65.1 Å². The van der Waals surface area contributed by atoms with Gasteiger partial charge in [-0.2, -0.15) is 0 Å². The first kappa shape index (κ1) is 16.1. The van der Waals surface area contributed by atoms with E-state index < -0.39 is 0 Å². The Labute approximate surface area is 128 Å². The summed E-state index contributed by atoms with van der Waals surface area (Å²) in [5, 5.41) is 4.79. The molecular weight excluding hydrogens is 258 g/mol. The molecule has 0 unspecified atom stereocenters. The topological polar surface area (TPSA) is 25.2 Å². The summed E-state index contributed by atoms with van der Waals surface area (Å²) >= 11 is 0. The Balaban J connectivity index is 2.52. The van der Waals surface area contributed by atoms with Crippen LogP contribution in [0, 0.1) is 5.92 Å². The SMILES string of the molecule is CC(C)Cc1c(CNC(C)C)oc2c(C(C)C)cccc12. The zero-order valence-electron chi connectivity index (χ0n) is 14.3. The Hall–Kier alpha value is -1.28. The first-order chi connectivity index (χ1) is 9.90. The van der Waals surface area contributed by atoms with Crippen molar-refractivity contribution in [3.05, 3.63) is 35.1 Å². The number of benzene rings is 1. The highest BCUT2D eigenvalue weighted by Crippen LogP contribution is 2.33. The maximum absolute atomic E-state index is 6.28. The predicted molar refractivity (Wildman–Crippen MR) is 90.8 cm³/mol. The highest BCUT2D eigenvalue weighted by Gasteiger charge is 2.18. The van der Waals surface area contributed by atoms with Gasteiger partial charge in [-0.05, 0) is 23.8 Å². The van der Waals surface area contributed by atoms with Crippen molar-refractivity contribution in [1.29, 1.82) is 0 Å². The molecule has 2 rings (SSSR count). The van der Waals surface area contributed by atoms with Gasteiger partial charge in [0.25, 0.3) is 0 Å². The minimum absolute atomic E-state index is 0.467. The van der Waals surface area contributed by atoms with E-state index >= 15 is 0 Å². The average molecular weight is 287 g/mol. The molecule has 2 aromatic rings. The smallest absolute Gasteiger partial charge is 0.138 e. The first-order valence-corrected chi connectivity index (χ1v) is 8.16. The maximum Gasteiger partial charge on any atom is 0.138 e. The molecule has 0 amide bonds. The molecule has 0 saturated heterocycles. The van der Waals surface area contributed by atoms with Gasteiger partial charge in [0, 0.05) is 17.0 Å². The fraction of sp³-hybridized carbons (Fsp3) is 0.579. The van der Waals surface area contributed by atoms with E-state index in [0.717, 1.165) is 24.3 Å². The fourth-order valence-electron chi connectivity index (χ4n) is 2.77. The zero-order valence-corrected chi connectivity index (χ0v) is 14.3. The Morgan fingerprint density at radius 1 is 1.05 bits per heavy atom. The summed E-state index contributed by atoms with van der Waals surface area (Å²) in [6, 6.07) is 7.03. The molecule has 0 fully saturated rings. The minimum Gasteiger partial charge on any atom is -0.459 e. The average Bonchev–Trinajstić information content (AvgIpc) is 2.73. The molecule has 116 valence electrons. The van der Waals surface area contributed by atoms with Crippen LogP contribution in [0.5, 0.6) is 0 Å². The van der Waals surface area contributed by atoms with Crippen LogP contribution in [-0.4, -0.2) is 6.04 Å². The second kappa shape index (κ2) is 6.65. The number of para-hydroxylation sites is 1. The third-order valence-electron chi connectivity index (χ3n) is 3.84. The van der Waals surface area contributed by atoms with E-state index in [1.165, 1.54) is 16.5 Å². The molecule has 2 nitrogen and oxygen atoms in total. The number of hydrogen-bond donors (Lipinski definition) is 1. The lowest BCUT2D eigenvalue weighted by molar-refractivity contribution is 0.476. The van der Waals surface area contributed by atoms with Crippen LogP contribution in [-0.2, 0) is 13.0 Å². The number of rotatable bonds is 6. The highest BCUT2D eigenvalue weighted by atomic mass is 16.3. The lowest BCUT2D eigenvalue weighted by Gasteiger charge is -2.09. The summed E-state index contributed by atoms with van der Waals surface area (Å²) in [5.74, 6) is 2.23. The van der Waals surface area contributed by atoms with Gasteiger partial charge in [0.2, 0.25) is 0 Å². The van der Waals surface area contributed by atoms with E-state index in [4.69, 9.17) is 4.42 Å². The van der Waals surface area contributed by atoms with Crippen LogP contribution in [0.15, 0.2) is 22.6 Å². The monoisotopic (exact) mass is 287 g/mol. The minimum atomic E-state index is 0.467. The van der Waals surface area contributed by atoms with Gasteiger partial charge in [0.15, 0.2) is 0 Å².